The third-order valence-electron chi connectivity index (χ3n) is 2.39. The molecule has 18 heavy (non-hydrogen) atoms. The van der Waals surface area contributed by atoms with Crippen molar-refractivity contribution >= 4 is 27.0 Å². The van der Waals surface area contributed by atoms with Crippen LogP contribution < -0.4 is 4.72 Å². The van der Waals surface area contributed by atoms with E-state index in [0.717, 1.165) is 4.31 Å². The second-order valence-electron chi connectivity index (χ2n) is 3.81. The molecule has 108 valence electrons. The van der Waals surface area contributed by atoms with Crippen molar-refractivity contribution in [1.29, 1.82) is 0 Å². The Morgan fingerprint density at radius 3 is 2.50 bits per heavy atom. The van der Waals surface area contributed by atoms with Crippen LogP contribution in [0.4, 0.5) is 0 Å². The second kappa shape index (κ2) is 7.82. The number of hydrogen-bond donors (Lipinski definition) is 1. The smallest absolute Gasteiger partial charge is 0.306 e. The molecule has 0 fully saturated rings. The SMILES string of the molecule is COC(=O)CCN(C)S(=O)(=O)NCC(C)S(C)=O. The van der Waals surface area contributed by atoms with Gasteiger partial charge in [0.2, 0.25) is 0 Å². The predicted octanol–water partition coefficient (Wildman–Crippen LogP) is -0.917. The zero-order chi connectivity index (χ0) is 14.3. The molecule has 0 radical (unpaired) electrons. The molecule has 2 atom stereocenters. The highest BCUT2D eigenvalue weighted by Gasteiger charge is 2.19. The summed E-state index contributed by atoms with van der Waals surface area (Å²) in [6, 6.07) is 0. The minimum atomic E-state index is -3.65. The van der Waals surface area contributed by atoms with Crippen LogP contribution >= 0.6 is 0 Å². The van der Waals surface area contributed by atoms with E-state index >= 15 is 0 Å². The fraction of sp³-hybridized carbons (Fsp3) is 0.889. The lowest BCUT2D eigenvalue weighted by Gasteiger charge is -2.18. The van der Waals surface area contributed by atoms with Gasteiger partial charge in [0.25, 0.3) is 10.2 Å². The first kappa shape index (κ1) is 17.5. The summed E-state index contributed by atoms with van der Waals surface area (Å²) in [5.74, 6) is -0.472. The van der Waals surface area contributed by atoms with Gasteiger partial charge in [-0.05, 0) is 6.92 Å². The molecule has 0 rings (SSSR count). The van der Waals surface area contributed by atoms with E-state index in [0.29, 0.717) is 0 Å². The Hall–Kier alpha value is -0.510. The first-order valence-electron chi connectivity index (χ1n) is 5.30. The lowest BCUT2D eigenvalue weighted by atomic mass is 10.4. The highest BCUT2D eigenvalue weighted by atomic mass is 32.2. The van der Waals surface area contributed by atoms with E-state index in [1.165, 1.54) is 20.4 Å². The third kappa shape index (κ3) is 6.43. The van der Waals surface area contributed by atoms with E-state index in [-0.39, 0.29) is 24.8 Å². The summed E-state index contributed by atoms with van der Waals surface area (Å²) in [6.45, 7) is 1.81. The van der Waals surface area contributed by atoms with Crippen molar-refractivity contribution in [2.24, 2.45) is 0 Å². The number of ether oxygens (including phenoxy) is 1. The van der Waals surface area contributed by atoms with E-state index in [1.807, 2.05) is 0 Å². The quantitative estimate of drug-likeness (QED) is 0.585. The summed E-state index contributed by atoms with van der Waals surface area (Å²) >= 11 is 0. The van der Waals surface area contributed by atoms with Crippen molar-refractivity contribution in [2.75, 3.05) is 33.5 Å². The summed E-state index contributed by atoms with van der Waals surface area (Å²) in [6.07, 6.45) is 1.50. The molecule has 0 aromatic heterocycles. The molecule has 0 aliphatic carbocycles. The molecule has 0 aromatic rings. The lowest BCUT2D eigenvalue weighted by molar-refractivity contribution is -0.140. The van der Waals surface area contributed by atoms with Gasteiger partial charge in [0.1, 0.15) is 0 Å². The van der Waals surface area contributed by atoms with Crippen LogP contribution in [0, 0.1) is 0 Å². The van der Waals surface area contributed by atoms with Crippen molar-refractivity contribution in [2.45, 2.75) is 18.6 Å². The average Bonchev–Trinajstić information content (AvgIpc) is 2.32. The average molecular weight is 300 g/mol. The molecule has 1 N–H and O–H groups in total. The van der Waals surface area contributed by atoms with Crippen LogP contribution in [0.2, 0.25) is 0 Å². The summed E-state index contributed by atoms with van der Waals surface area (Å²) < 4.78 is 42.3. The monoisotopic (exact) mass is 300 g/mol. The number of nitrogens with one attached hydrogen (secondary N) is 1. The Labute approximate surface area is 111 Å². The molecule has 0 spiro atoms. The predicted molar refractivity (Wildman–Crippen MR) is 69.7 cm³/mol. The minimum Gasteiger partial charge on any atom is -0.469 e. The summed E-state index contributed by atoms with van der Waals surface area (Å²) in [4.78, 5) is 10.9. The first-order chi connectivity index (χ1) is 8.20. The van der Waals surface area contributed by atoms with Crippen LogP contribution in [0.1, 0.15) is 13.3 Å². The molecule has 0 aliphatic heterocycles. The maximum absolute atomic E-state index is 11.7. The van der Waals surface area contributed by atoms with Gasteiger partial charge in [-0.1, -0.05) is 0 Å². The Morgan fingerprint density at radius 2 is 2.06 bits per heavy atom. The van der Waals surface area contributed by atoms with Gasteiger partial charge in [-0.15, -0.1) is 0 Å². The molecule has 0 aliphatic rings. The number of esters is 1. The maximum atomic E-state index is 11.7. The Balaban J connectivity index is 4.28. The molecule has 9 heteroatoms. The Morgan fingerprint density at radius 1 is 1.50 bits per heavy atom. The number of methoxy groups -OCH3 is 1. The normalized spacial score (nSPS) is 15.4. The van der Waals surface area contributed by atoms with Gasteiger partial charge in [0.15, 0.2) is 0 Å². The molecule has 0 bridgehead atoms. The summed E-state index contributed by atoms with van der Waals surface area (Å²) in [7, 11) is -2.14. The van der Waals surface area contributed by atoms with Crippen molar-refractivity contribution in [3.05, 3.63) is 0 Å². The van der Waals surface area contributed by atoms with Crippen LogP contribution in [-0.2, 0) is 30.5 Å². The molecule has 0 saturated carbocycles. The standard InChI is InChI=1S/C9H20N2O5S2/c1-8(17(4)13)7-10-18(14,15)11(2)6-5-9(12)16-3/h8,10H,5-7H2,1-4H3. The topological polar surface area (TPSA) is 92.8 Å². The highest BCUT2D eigenvalue weighted by Crippen LogP contribution is 1.98. The van der Waals surface area contributed by atoms with Gasteiger partial charge in [0.05, 0.1) is 13.5 Å². The molecule has 0 heterocycles. The van der Waals surface area contributed by atoms with E-state index in [4.69, 9.17) is 0 Å². The van der Waals surface area contributed by atoms with E-state index in [2.05, 4.69) is 9.46 Å². The van der Waals surface area contributed by atoms with E-state index < -0.39 is 27.0 Å². The largest absolute Gasteiger partial charge is 0.469 e. The van der Waals surface area contributed by atoms with Gasteiger partial charge < -0.3 is 4.74 Å². The van der Waals surface area contributed by atoms with E-state index in [1.54, 1.807) is 6.92 Å². The highest BCUT2D eigenvalue weighted by molar-refractivity contribution is 7.87. The van der Waals surface area contributed by atoms with Gasteiger partial charge in [0, 0.05) is 42.4 Å². The Kier molecular flexibility index (Phi) is 7.60. The minimum absolute atomic E-state index is 0.0107. The fourth-order valence-corrected chi connectivity index (χ4v) is 2.36. The van der Waals surface area contributed by atoms with Crippen molar-refractivity contribution in [3.63, 3.8) is 0 Å². The third-order valence-corrected chi connectivity index (χ3v) is 5.22. The molecule has 2 unspecified atom stereocenters. The van der Waals surface area contributed by atoms with Crippen LogP contribution in [0.15, 0.2) is 0 Å². The molecule has 7 nitrogen and oxygen atoms in total. The zero-order valence-electron chi connectivity index (χ0n) is 11.0. The number of carbonyl (C=O) groups excluding carboxylic acids is 1. The van der Waals surface area contributed by atoms with Crippen molar-refractivity contribution in [3.8, 4) is 0 Å². The van der Waals surface area contributed by atoms with Gasteiger partial charge in [-0.3, -0.25) is 9.00 Å². The molecule has 0 amide bonds. The summed E-state index contributed by atoms with van der Waals surface area (Å²) in [5, 5.41) is -0.270. The van der Waals surface area contributed by atoms with E-state index in [9.17, 15) is 17.4 Å². The van der Waals surface area contributed by atoms with Crippen molar-refractivity contribution in [1.82, 2.24) is 9.03 Å². The molecular formula is C9H20N2O5S2. The van der Waals surface area contributed by atoms with Crippen molar-refractivity contribution < 1.29 is 22.2 Å². The fourth-order valence-electron chi connectivity index (χ4n) is 0.921. The van der Waals surface area contributed by atoms with Gasteiger partial charge in [-0.25, -0.2) is 4.72 Å². The lowest BCUT2D eigenvalue weighted by Crippen LogP contribution is -2.42. The molecular weight excluding hydrogens is 280 g/mol. The number of carbonyl (C=O) groups is 1. The molecule has 0 aromatic carbocycles. The maximum Gasteiger partial charge on any atom is 0.306 e. The van der Waals surface area contributed by atoms with Crippen LogP contribution in [0.3, 0.4) is 0 Å². The zero-order valence-corrected chi connectivity index (χ0v) is 12.6. The number of nitrogens with zero attached hydrogens (tertiary/aromatic N) is 1. The number of rotatable bonds is 8. The van der Waals surface area contributed by atoms with Crippen LogP contribution in [0.25, 0.3) is 0 Å². The first-order valence-corrected chi connectivity index (χ1v) is 8.36. The van der Waals surface area contributed by atoms with Gasteiger partial charge >= 0.3 is 5.97 Å². The van der Waals surface area contributed by atoms with Crippen LogP contribution in [0.5, 0.6) is 0 Å². The second-order valence-corrected chi connectivity index (χ2v) is 7.47. The summed E-state index contributed by atoms with van der Waals surface area (Å²) in [5.41, 5.74) is 0. The number of hydrogen-bond acceptors (Lipinski definition) is 5. The molecule has 0 saturated heterocycles. The van der Waals surface area contributed by atoms with Gasteiger partial charge in [-0.2, -0.15) is 12.7 Å². The van der Waals surface area contributed by atoms with Crippen LogP contribution in [-0.4, -0.2) is 61.7 Å². The Bertz CT molecular complexity index is 396.